The molecular weight excluding hydrogens is 503 g/mol. The summed E-state index contributed by atoms with van der Waals surface area (Å²) in [5.41, 5.74) is 2.67. The van der Waals surface area contributed by atoms with E-state index >= 15 is 4.39 Å². The summed E-state index contributed by atoms with van der Waals surface area (Å²) in [4.78, 5) is 45.5. The average molecular weight is 529 g/mol. The predicted molar refractivity (Wildman–Crippen MR) is 152 cm³/mol. The molecule has 40 heavy (non-hydrogen) atoms. The van der Waals surface area contributed by atoms with Crippen LogP contribution in [0.1, 0.15) is 38.8 Å². The first kappa shape index (κ1) is 24.2. The van der Waals surface area contributed by atoms with E-state index in [9.17, 15) is 14.4 Å². The van der Waals surface area contributed by atoms with Gasteiger partial charge in [-0.05, 0) is 42.3 Å². The summed E-state index contributed by atoms with van der Waals surface area (Å²) in [5, 5.41) is 3.00. The average Bonchev–Trinajstić information content (AvgIpc) is 3.45. The summed E-state index contributed by atoms with van der Waals surface area (Å²) in [5.74, 6) is -3.13. The van der Waals surface area contributed by atoms with Gasteiger partial charge in [-0.3, -0.25) is 14.4 Å². The van der Waals surface area contributed by atoms with Crippen LogP contribution in [0.4, 0.5) is 15.8 Å². The molecule has 0 saturated carbocycles. The molecule has 0 aromatic heterocycles. The molecule has 5 nitrogen and oxygen atoms in total. The number of hydrogen-bond acceptors (Lipinski definition) is 4. The fraction of sp³-hybridized carbons (Fsp3) is 0.147. The zero-order valence-corrected chi connectivity index (χ0v) is 21.7. The number of carbonyl (C=O) groups excluding carboxylic acids is 3. The summed E-state index contributed by atoms with van der Waals surface area (Å²) in [6.07, 6.45) is 1.99. The molecule has 1 amide bonds. The van der Waals surface area contributed by atoms with Crippen LogP contribution in [0, 0.1) is 11.7 Å². The van der Waals surface area contributed by atoms with Gasteiger partial charge in [-0.25, -0.2) is 4.39 Å². The third-order valence-corrected chi connectivity index (χ3v) is 8.63. The van der Waals surface area contributed by atoms with E-state index in [0.29, 0.717) is 16.8 Å². The lowest BCUT2D eigenvalue weighted by Crippen LogP contribution is -2.51. The van der Waals surface area contributed by atoms with E-state index in [-0.39, 0.29) is 17.3 Å². The van der Waals surface area contributed by atoms with Crippen LogP contribution in [-0.4, -0.2) is 29.6 Å². The van der Waals surface area contributed by atoms with Crippen LogP contribution in [0.2, 0.25) is 0 Å². The maximum Gasteiger partial charge on any atom is 0.238 e. The molecule has 3 aliphatic rings. The molecule has 7 rings (SSSR count). The van der Waals surface area contributed by atoms with E-state index in [0.717, 1.165) is 16.8 Å². The van der Waals surface area contributed by atoms with Gasteiger partial charge in [0.05, 0.1) is 17.5 Å². The Balaban J connectivity index is 1.57. The molecule has 196 valence electrons. The van der Waals surface area contributed by atoms with E-state index in [1.54, 1.807) is 36.4 Å². The Morgan fingerprint density at radius 2 is 1.50 bits per heavy atom. The number of ketones is 2. The topological polar surface area (TPSA) is 66.5 Å². The van der Waals surface area contributed by atoms with Crippen molar-refractivity contribution in [1.82, 2.24) is 0 Å². The van der Waals surface area contributed by atoms with E-state index in [1.165, 1.54) is 18.2 Å². The second-order valence-electron chi connectivity index (χ2n) is 10.6. The minimum absolute atomic E-state index is 0.135. The number of amides is 1. The Morgan fingerprint density at radius 1 is 0.825 bits per heavy atom. The molecule has 0 unspecified atom stereocenters. The van der Waals surface area contributed by atoms with Gasteiger partial charge in [0, 0.05) is 22.5 Å². The molecule has 1 spiro atoms. The lowest BCUT2D eigenvalue weighted by molar-refractivity contribution is -0.121. The third-order valence-electron chi connectivity index (χ3n) is 8.63. The van der Waals surface area contributed by atoms with Crippen molar-refractivity contribution >= 4 is 34.4 Å². The number of halogens is 1. The predicted octanol–water partition coefficient (Wildman–Crippen LogP) is 6.07. The molecule has 3 aliphatic heterocycles. The van der Waals surface area contributed by atoms with Crippen molar-refractivity contribution < 1.29 is 18.8 Å². The van der Waals surface area contributed by atoms with Crippen molar-refractivity contribution in [2.75, 3.05) is 10.2 Å². The Labute approximate surface area is 231 Å². The van der Waals surface area contributed by atoms with Crippen molar-refractivity contribution in [3.8, 4) is 0 Å². The molecule has 1 saturated heterocycles. The summed E-state index contributed by atoms with van der Waals surface area (Å²) in [6, 6.07) is 27.9. The largest absolute Gasteiger partial charge is 0.352 e. The first-order valence-electron chi connectivity index (χ1n) is 13.3. The number of Topliss-reactive ketones (excluding diaryl/α,β-unsaturated/α-hetero) is 2. The fourth-order valence-corrected chi connectivity index (χ4v) is 6.99. The summed E-state index contributed by atoms with van der Waals surface area (Å²) >= 11 is 0. The van der Waals surface area contributed by atoms with Crippen molar-refractivity contribution in [2.24, 2.45) is 5.92 Å². The number of fused-ring (bicyclic) bond motifs is 6. The number of para-hydroxylation sites is 2. The Morgan fingerprint density at radius 3 is 2.30 bits per heavy atom. The highest BCUT2D eigenvalue weighted by Gasteiger charge is 2.70. The van der Waals surface area contributed by atoms with Crippen molar-refractivity contribution in [3.05, 3.63) is 137 Å². The number of carbonyl (C=O) groups is 3. The van der Waals surface area contributed by atoms with E-state index in [2.05, 4.69) is 5.32 Å². The molecule has 1 fully saturated rings. The number of nitrogens with zero attached hydrogens (tertiary/aromatic N) is 1. The summed E-state index contributed by atoms with van der Waals surface area (Å²) in [7, 11) is 0. The molecule has 3 heterocycles. The molecule has 4 atom stereocenters. The van der Waals surface area contributed by atoms with Gasteiger partial charge in [0.15, 0.2) is 11.6 Å². The Hall–Kier alpha value is -4.84. The molecule has 0 radical (unpaired) electrons. The van der Waals surface area contributed by atoms with Gasteiger partial charge in [0.25, 0.3) is 0 Å². The van der Waals surface area contributed by atoms with Crippen LogP contribution >= 0.6 is 0 Å². The maximum atomic E-state index is 15.3. The highest BCUT2D eigenvalue weighted by molar-refractivity contribution is 6.18. The van der Waals surface area contributed by atoms with Crippen LogP contribution in [0.5, 0.6) is 0 Å². The first-order chi connectivity index (χ1) is 19.4. The van der Waals surface area contributed by atoms with Crippen LogP contribution in [-0.2, 0) is 10.2 Å². The highest BCUT2D eigenvalue weighted by Crippen LogP contribution is 2.58. The normalized spacial score (nSPS) is 24.1. The van der Waals surface area contributed by atoms with Crippen molar-refractivity contribution in [2.45, 2.75) is 24.4 Å². The Kier molecular flexibility index (Phi) is 5.36. The van der Waals surface area contributed by atoms with Gasteiger partial charge in [0.1, 0.15) is 17.3 Å². The minimum atomic E-state index is -1.47. The molecule has 0 bridgehead atoms. The van der Waals surface area contributed by atoms with Crippen LogP contribution in [0.15, 0.2) is 109 Å². The standard InChI is InChI=1S/C34H25FN2O3/c1-20-19-28-34(24-15-7-9-17-26(24)36-33(34)40)29(32(39)23-14-5-8-16-25(23)35)30(31(38)21-11-3-2-4-12-21)37(28)27-18-10-6-13-22(20)27/h2-19,28-30H,1H3,(H,36,40)/t28-,29-,30+,34-/m0/s1. The van der Waals surface area contributed by atoms with Gasteiger partial charge < -0.3 is 10.2 Å². The van der Waals surface area contributed by atoms with Crippen molar-refractivity contribution in [3.63, 3.8) is 0 Å². The number of hydrogen-bond donors (Lipinski definition) is 1. The van der Waals surface area contributed by atoms with Gasteiger partial charge in [-0.15, -0.1) is 0 Å². The number of benzene rings is 4. The monoisotopic (exact) mass is 528 g/mol. The lowest BCUT2D eigenvalue weighted by atomic mass is 9.64. The number of anilines is 2. The third kappa shape index (κ3) is 3.16. The summed E-state index contributed by atoms with van der Waals surface area (Å²) < 4.78 is 15.3. The number of nitrogens with one attached hydrogen (secondary N) is 1. The molecule has 4 aromatic carbocycles. The maximum absolute atomic E-state index is 15.3. The van der Waals surface area contributed by atoms with Crippen molar-refractivity contribution in [1.29, 1.82) is 0 Å². The highest BCUT2D eigenvalue weighted by atomic mass is 19.1. The minimum Gasteiger partial charge on any atom is -0.352 e. The molecular formula is C34H25FN2O3. The quantitative estimate of drug-likeness (QED) is 0.327. The number of rotatable bonds is 4. The molecule has 1 N–H and O–H groups in total. The van der Waals surface area contributed by atoms with E-state index in [4.69, 9.17) is 0 Å². The zero-order chi connectivity index (χ0) is 27.6. The number of allylic oxidation sites excluding steroid dienone is 1. The zero-order valence-electron chi connectivity index (χ0n) is 21.7. The van der Waals surface area contributed by atoms with Crippen LogP contribution in [0.3, 0.4) is 0 Å². The van der Waals surface area contributed by atoms with Gasteiger partial charge in [0.2, 0.25) is 5.91 Å². The lowest BCUT2D eigenvalue weighted by Gasteiger charge is -2.39. The second-order valence-corrected chi connectivity index (χ2v) is 10.6. The second kappa shape index (κ2) is 8.85. The van der Waals surface area contributed by atoms with E-state index < -0.39 is 35.0 Å². The van der Waals surface area contributed by atoms with Gasteiger partial charge in [-0.2, -0.15) is 0 Å². The van der Waals surface area contributed by atoms with E-state index in [1.807, 2.05) is 66.4 Å². The molecule has 0 aliphatic carbocycles. The smallest absolute Gasteiger partial charge is 0.238 e. The fourth-order valence-electron chi connectivity index (χ4n) is 6.99. The van der Waals surface area contributed by atoms with Crippen LogP contribution in [0.25, 0.3) is 5.57 Å². The molecule has 4 aromatic rings. The van der Waals surface area contributed by atoms with Gasteiger partial charge >= 0.3 is 0 Å². The summed E-state index contributed by atoms with van der Waals surface area (Å²) in [6.45, 7) is 1.97. The molecule has 6 heteroatoms. The SMILES string of the molecule is CC1=C[C@@H]2N(c3ccccc31)[C@@H](C(=O)c1ccccc1)[C@@H](C(=O)c1ccccc1F)[C@@]21C(=O)Nc2ccccc21. The first-order valence-corrected chi connectivity index (χ1v) is 13.3. The van der Waals surface area contributed by atoms with Crippen LogP contribution < -0.4 is 10.2 Å². The Bertz CT molecular complexity index is 1750. The van der Waals surface area contributed by atoms with Gasteiger partial charge in [-0.1, -0.05) is 84.9 Å².